The number of hydrogen-bond donors (Lipinski definition) is 2. The standard InChI is InChI=1S/C23H40O6.C21H36O4/c1-14-7-9-23-10-8-16(28-6)19(23)22(14,4)18(29-13-27-5)11-21(3,17(25)12-24)20(26)15(23)2;1-13-11-17(25-12-23-5)20(4)14(2)7-9-21(15(3)18(13)22)10-8-16(24-6)19(20)21/h14-19,24-25H,7-13H2,1-6H3;13-17,19H,7-12H2,1-6H3/t14-,15+,16-,17?,18-,19?,21+,22+,23?;13-,14+,15-,16+,17+,19?,20-,21?/m10/s1. The minimum Gasteiger partial charge on any atom is -0.394 e. The predicted octanol–water partition coefficient (Wildman–Crippen LogP) is 6.86. The number of carbonyl (C=O) groups is 2. The van der Waals surface area contributed by atoms with Crippen molar-refractivity contribution < 1.29 is 48.2 Å². The molecule has 0 heterocycles. The van der Waals surface area contributed by atoms with Gasteiger partial charge in [0.15, 0.2) is 0 Å². The van der Waals surface area contributed by atoms with Crippen LogP contribution in [0.15, 0.2) is 0 Å². The van der Waals surface area contributed by atoms with Gasteiger partial charge in [0.1, 0.15) is 25.2 Å². The topological polar surface area (TPSA) is 130 Å². The molecule has 17 atom stereocenters. The Balaban J connectivity index is 0.000000210. The maximum Gasteiger partial charge on any atom is 0.146 e. The van der Waals surface area contributed by atoms with Gasteiger partial charge in [0.25, 0.3) is 0 Å². The lowest BCUT2D eigenvalue weighted by Gasteiger charge is -2.62. The van der Waals surface area contributed by atoms with Crippen molar-refractivity contribution in [2.75, 3.05) is 48.6 Å². The predicted molar refractivity (Wildman–Crippen MR) is 206 cm³/mol. The molecule has 0 aliphatic heterocycles. The third-order valence-electron chi connectivity index (χ3n) is 17.8. The number of aliphatic hydroxyl groups excluding tert-OH is 2. The first-order chi connectivity index (χ1) is 25.5. The molecule has 6 fully saturated rings. The average molecular weight is 765 g/mol. The molecule has 6 rings (SSSR count). The van der Waals surface area contributed by atoms with Gasteiger partial charge in [-0.1, -0.05) is 48.5 Å². The van der Waals surface area contributed by atoms with E-state index in [1.165, 1.54) is 6.42 Å². The molecule has 0 aromatic rings. The quantitative estimate of drug-likeness (QED) is 0.228. The molecule has 4 bridgehead atoms. The minimum absolute atomic E-state index is 0.0111. The molecule has 10 nitrogen and oxygen atoms in total. The van der Waals surface area contributed by atoms with Crippen molar-refractivity contribution in [1.82, 2.24) is 0 Å². The van der Waals surface area contributed by atoms with Crippen LogP contribution < -0.4 is 0 Å². The molecule has 6 saturated carbocycles. The molecule has 0 aromatic carbocycles. The Hall–Kier alpha value is -0.980. The fraction of sp³-hybridized carbons (Fsp3) is 0.955. The van der Waals surface area contributed by atoms with Crippen molar-refractivity contribution >= 4 is 11.6 Å². The summed E-state index contributed by atoms with van der Waals surface area (Å²) in [6.07, 6.45) is 8.54. The van der Waals surface area contributed by atoms with Crippen LogP contribution in [0.5, 0.6) is 0 Å². The second-order valence-corrected chi connectivity index (χ2v) is 19.4. The van der Waals surface area contributed by atoms with Gasteiger partial charge in [-0.25, -0.2) is 0 Å². The fourth-order valence-corrected chi connectivity index (χ4v) is 14.1. The summed E-state index contributed by atoms with van der Waals surface area (Å²) in [5.41, 5.74) is -1.36. The molecular formula is C44H76O10. The number of rotatable bonds is 10. The van der Waals surface area contributed by atoms with E-state index in [1.807, 2.05) is 14.0 Å². The lowest BCUT2D eigenvalue weighted by Crippen LogP contribution is -2.64. The highest BCUT2D eigenvalue weighted by Gasteiger charge is 2.69. The highest BCUT2D eigenvalue weighted by Crippen LogP contribution is 2.70. The van der Waals surface area contributed by atoms with Gasteiger partial charge in [-0.3, -0.25) is 9.59 Å². The van der Waals surface area contributed by atoms with Gasteiger partial charge >= 0.3 is 0 Å². The fourth-order valence-electron chi connectivity index (χ4n) is 14.1. The van der Waals surface area contributed by atoms with Crippen LogP contribution in [-0.2, 0) is 38.0 Å². The van der Waals surface area contributed by atoms with Crippen LogP contribution in [-0.4, -0.2) is 101 Å². The molecule has 6 aliphatic rings. The maximum absolute atomic E-state index is 13.9. The Morgan fingerprint density at radius 1 is 0.685 bits per heavy atom. The number of hydrogen-bond acceptors (Lipinski definition) is 10. The maximum atomic E-state index is 13.9. The van der Waals surface area contributed by atoms with Crippen LogP contribution >= 0.6 is 0 Å². The zero-order valence-corrected chi connectivity index (χ0v) is 35.8. The van der Waals surface area contributed by atoms with Gasteiger partial charge < -0.3 is 38.6 Å². The highest BCUT2D eigenvalue weighted by atomic mass is 16.7. The second-order valence-electron chi connectivity index (χ2n) is 19.4. The number of ketones is 2. The summed E-state index contributed by atoms with van der Waals surface area (Å²) in [5.74, 6) is 1.94. The van der Waals surface area contributed by atoms with E-state index >= 15 is 0 Å². The Labute approximate surface area is 326 Å². The van der Waals surface area contributed by atoms with Crippen molar-refractivity contribution in [2.45, 2.75) is 150 Å². The molecule has 312 valence electrons. The average Bonchev–Trinajstić information content (AvgIpc) is 3.77. The SMILES string of the molecule is COCO[C@@H]1C[C@@](C)(C(O)CO)C(=O)[C@H](C)C23CC[C@@H](C)[C@]1(C)C2[C@H](OC)CC3.COCO[C@@H]1C[C@H](C)C(=O)[C@H](C)C23CC[C@@H](C)[C@]1(C)C2[C@H](OC)CC3. The first-order valence-corrected chi connectivity index (χ1v) is 21.1. The number of methoxy groups -OCH3 is 4. The smallest absolute Gasteiger partial charge is 0.146 e. The van der Waals surface area contributed by atoms with Crippen LogP contribution in [0.2, 0.25) is 0 Å². The number of Topliss-reactive ketones (excluding diaryl/α,β-unsaturated/α-hetero) is 2. The Bertz CT molecular complexity index is 1310. The summed E-state index contributed by atoms with van der Waals surface area (Å²) in [7, 11) is 6.89. The van der Waals surface area contributed by atoms with E-state index in [9.17, 15) is 19.8 Å². The molecule has 0 radical (unpaired) electrons. The summed E-state index contributed by atoms with van der Waals surface area (Å²) < 4.78 is 35.0. The number of aliphatic hydroxyl groups is 2. The van der Waals surface area contributed by atoms with Gasteiger partial charge in [-0.2, -0.15) is 0 Å². The molecule has 5 unspecified atom stereocenters. The summed E-state index contributed by atoms with van der Waals surface area (Å²) in [4.78, 5) is 27.1. The number of carbonyl (C=O) groups excluding carboxylic acids is 2. The van der Waals surface area contributed by atoms with Crippen LogP contribution in [0.1, 0.15) is 120 Å². The van der Waals surface area contributed by atoms with E-state index in [0.717, 1.165) is 51.4 Å². The van der Waals surface area contributed by atoms with Gasteiger partial charge in [0, 0.05) is 57.0 Å². The third-order valence-corrected chi connectivity index (χ3v) is 17.8. The lowest BCUT2D eigenvalue weighted by molar-refractivity contribution is -0.226. The van der Waals surface area contributed by atoms with Gasteiger partial charge in [0.2, 0.25) is 0 Å². The molecule has 0 spiro atoms. The summed E-state index contributed by atoms with van der Waals surface area (Å²) in [5, 5.41) is 20.5. The summed E-state index contributed by atoms with van der Waals surface area (Å²) in [6, 6.07) is 0. The molecule has 0 amide bonds. The van der Waals surface area contributed by atoms with E-state index in [-0.39, 0.29) is 82.3 Å². The van der Waals surface area contributed by atoms with E-state index in [1.54, 1.807) is 28.3 Å². The first kappa shape index (κ1) is 44.1. The molecule has 54 heavy (non-hydrogen) atoms. The molecule has 0 saturated heterocycles. The van der Waals surface area contributed by atoms with Crippen LogP contribution in [0.4, 0.5) is 0 Å². The van der Waals surface area contributed by atoms with Crippen molar-refractivity contribution in [2.24, 2.45) is 68.5 Å². The van der Waals surface area contributed by atoms with Crippen molar-refractivity contribution in [3.63, 3.8) is 0 Å². The van der Waals surface area contributed by atoms with Crippen LogP contribution in [0, 0.1) is 68.5 Å². The van der Waals surface area contributed by atoms with Gasteiger partial charge in [-0.15, -0.1) is 0 Å². The zero-order chi connectivity index (χ0) is 40.0. The van der Waals surface area contributed by atoms with E-state index in [2.05, 4.69) is 41.5 Å². The zero-order valence-electron chi connectivity index (χ0n) is 35.8. The molecular weight excluding hydrogens is 688 g/mol. The Morgan fingerprint density at radius 3 is 1.59 bits per heavy atom. The van der Waals surface area contributed by atoms with Crippen molar-refractivity contribution in [3.05, 3.63) is 0 Å². The summed E-state index contributed by atoms with van der Waals surface area (Å²) in [6.45, 7) is 17.5. The van der Waals surface area contributed by atoms with Crippen LogP contribution in [0.3, 0.4) is 0 Å². The normalized spacial score (nSPS) is 49.4. The third kappa shape index (κ3) is 6.70. The molecule has 6 aliphatic carbocycles. The number of ether oxygens (including phenoxy) is 6. The van der Waals surface area contributed by atoms with Crippen molar-refractivity contribution in [1.29, 1.82) is 0 Å². The lowest BCUT2D eigenvalue weighted by atomic mass is 9.43. The molecule has 0 aromatic heterocycles. The van der Waals surface area contributed by atoms with Gasteiger partial charge in [-0.05, 0) is 106 Å². The molecule has 10 heteroatoms. The van der Waals surface area contributed by atoms with Gasteiger partial charge in [0.05, 0.1) is 42.5 Å². The Kier molecular flexibility index (Phi) is 13.7. The van der Waals surface area contributed by atoms with Crippen LogP contribution in [0.25, 0.3) is 0 Å². The highest BCUT2D eigenvalue weighted by molar-refractivity contribution is 5.88. The monoisotopic (exact) mass is 765 g/mol. The second kappa shape index (κ2) is 16.7. The van der Waals surface area contributed by atoms with E-state index in [0.29, 0.717) is 36.8 Å². The van der Waals surface area contributed by atoms with Crippen molar-refractivity contribution in [3.8, 4) is 0 Å². The Morgan fingerprint density at radius 2 is 1.13 bits per heavy atom. The van der Waals surface area contributed by atoms with E-state index in [4.69, 9.17) is 28.4 Å². The first-order valence-electron chi connectivity index (χ1n) is 21.1. The molecule has 2 N–H and O–H groups in total. The van der Waals surface area contributed by atoms with E-state index < -0.39 is 18.1 Å². The largest absolute Gasteiger partial charge is 0.394 e. The minimum atomic E-state index is -1.11. The summed E-state index contributed by atoms with van der Waals surface area (Å²) >= 11 is 0.